The third kappa shape index (κ3) is 4.75. The third-order valence-corrected chi connectivity index (χ3v) is 6.03. The highest BCUT2D eigenvalue weighted by atomic mass is 32.2. The first-order valence-electron chi connectivity index (χ1n) is 8.54. The zero-order valence-corrected chi connectivity index (χ0v) is 14.9. The van der Waals surface area contributed by atoms with E-state index in [-0.39, 0.29) is 23.5 Å². The third-order valence-electron chi connectivity index (χ3n) is 4.96. The Hall–Kier alpha value is -1.02. The van der Waals surface area contributed by atoms with Gasteiger partial charge in [0.2, 0.25) is 0 Å². The van der Waals surface area contributed by atoms with Crippen molar-refractivity contribution in [3.05, 3.63) is 35.6 Å². The summed E-state index contributed by atoms with van der Waals surface area (Å²) in [4.78, 5) is 2.38. The minimum Gasteiger partial charge on any atom is -0.303 e. The summed E-state index contributed by atoms with van der Waals surface area (Å²) in [5.41, 5.74) is 7.57. The van der Waals surface area contributed by atoms with Crippen LogP contribution in [0.2, 0.25) is 0 Å². The Kier molecular flexibility index (Phi) is 5.54. The summed E-state index contributed by atoms with van der Waals surface area (Å²) in [6, 6.07) is 6.80. The molecule has 0 aromatic heterocycles. The van der Waals surface area contributed by atoms with Crippen molar-refractivity contribution in [3.8, 4) is 0 Å². The fraction of sp³-hybridized carbons (Fsp3) is 0.647. The summed E-state index contributed by atoms with van der Waals surface area (Å²) in [6.45, 7) is 3.64. The highest BCUT2D eigenvalue weighted by Crippen LogP contribution is 2.27. The molecule has 3 unspecified atom stereocenters. The molecule has 5 nitrogen and oxygen atoms in total. The summed E-state index contributed by atoms with van der Waals surface area (Å²) in [5, 5.41) is 0. The van der Waals surface area contributed by atoms with Crippen LogP contribution in [0.5, 0.6) is 0 Å². The molecule has 0 radical (unpaired) electrons. The number of hydrogen-bond donors (Lipinski definition) is 2. The van der Waals surface area contributed by atoms with E-state index in [9.17, 15) is 12.8 Å². The topological polar surface area (TPSA) is 61.4 Å². The van der Waals surface area contributed by atoms with Crippen molar-refractivity contribution in [2.75, 3.05) is 38.2 Å². The molecule has 2 aliphatic rings. The summed E-state index contributed by atoms with van der Waals surface area (Å²) >= 11 is 0. The van der Waals surface area contributed by atoms with E-state index in [0.29, 0.717) is 5.92 Å². The van der Waals surface area contributed by atoms with Crippen LogP contribution in [0.15, 0.2) is 24.3 Å². The Bertz CT molecular complexity index is 650. The van der Waals surface area contributed by atoms with Crippen LogP contribution in [0.1, 0.15) is 24.4 Å². The first kappa shape index (κ1) is 17.8. The number of benzene rings is 1. The summed E-state index contributed by atoms with van der Waals surface area (Å²) in [6.07, 6.45) is 3.36. The lowest BCUT2D eigenvalue weighted by atomic mass is 9.92. The zero-order chi connectivity index (χ0) is 17.2. The van der Waals surface area contributed by atoms with E-state index in [4.69, 9.17) is 0 Å². The Morgan fingerprint density at radius 3 is 2.75 bits per heavy atom. The van der Waals surface area contributed by atoms with Gasteiger partial charge in [0, 0.05) is 31.8 Å². The lowest BCUT2D eigenvalue weighted by Crippen LogP contribution is -2.41. The first-order valence-corrected chi connectivity index (χ1v) is 10.6. The molecule has 0 spiro atoms. The van der Waals surface area contributed by atoms with Crippen molar-refractivity contribution in [2.24, 2.45) is 11.8 Å². The van der Waals surface area contributed by atoms with Gasteiger partial charge in [-0.3, -0.25) is 5.43 Å². The Balaban J connectivity index is 1.61. The molecule has 0 saturated carbocycles. The van der Waals surface area contributed by atoms with Crippen molar-refractivity contribution in [1.82, 2.24) is 15.8 Å². The molecule has 3 rings (SSSR count). The first-order chi connectivity index (χ1) is 11.4. The smallest absolute Gasteiger partial charge is 0.147 e. The molecule has 1 aromatic carbocycles. The number of likely N-dealkylation sites (tertiary alicyclic amines) is 1. The molecule has 2 heterocycles. The summed E-state index contributed by atoms with van der Waals surface area (Å²) < 4.78 is 36.2. The molecule has 2 aliphatic heterocycles. The molecule has 2 saturated heterocycles. The summed E-state index contributed by atoms with van der Waals surface area (Å²) in [5.74, 6) is 0.681. The fourth-order valence-corrected chi connectivity index (χ4v) is 5.07. The number of sulfone groups is 1. The van der Waals surface area contributed by atoms with Crippen LogP contribution in [0.3, 0.4) is 0 Å². The van der Waals surface area contributed by atoms with Crippen molar-refractivity contribution >= 4 is 9.84 Å². The number of piperidine rings is 1. The normalized spacial score (nSPS) is 29.0. The van der Waals surface area contributed by atoms with E-state index in [1.807, 2.05) is 12.1 Å². The number of hydrogen-bond acceptors (Lipinski definition) is 5. The monoisotopic (exact) mass is 355 g/mol. The molecular weight excluding hydrogens is 329 g/mol. The number of nitrogens with one attached hydrogen (secondary N) is 2. The maximum Gasteiger partial charge on any atom is 0.147 e. The van der Waals surface area contributed by atoms with Gasteiger partial charge >= 0.3 is 0 Å². The average Bonchev–Trinajstić information content (AvgIpc) is 2.95. The van der Waals surface area contributed by atoms with Gasteiger partial charge in [-0.05, 0) is 43.0 Å². The number of hydrazine groups is 1. The maximum absolute atomic E-state index is 13.1. The van der Waals surface area contributed by atoms with E-state index in [1.165, 1.54) is 18.4 Å². The zero-order valence-electron chi connectivity index (χ0n) is 14.0. The quantitative estimate of drug-likeness (QED) is 0.835. The predicted molar refractivity (Wildman–Crippen MR) is 92.6 cm³/mol. The second kappa shape index (κ2) is 7.47. The van der Waals surface area contributed by atoms with Crippen LogP contribution < -0.4 is 10.9 Å². The van der Waals surface area contributed by atoms with Gasteiger partial charge in [-0.25, -0.2) is 18.2 Å². The number of halogens is 1. The van der Waals surface area contributed by atoms with Crippen molar-refractivity contribution in [1.29, 1.82) is 0 Å². The van der Waals surface area contributed by atoms with Gasteiger partial charge in [-0.1, -0.05) is 12.1 Å². The van der Waals surface area contributed by atoms with Crippen molar-refractivity contribution in [3.63, 3.8) is 0 Å². The lowest BCUT2D eigenvalue weighted by molar-refractivity contribution is 0.158. The minimum atomic E-state index is -2.92. The SMILES string of the molecule is CS(=O)(=O)CC1CCCN(CC2CNNC2c2ccc(F)cc2)C1. The fourth-order valence-electron chi connectivity index (χ4n) is 3.94. The largest absolute Gasteiger partial charge is 0.303 e. The predicted octanol–water partition coefficient (Wildman–Crippen LogP) is 1.35. The second-order valence-corrected chi connectivity index (χ2v) is 9.36. The summed E-state index contributed by atoms with van der Waals surface area (Å²) in [7, 11) is -2.92. The van der Waals surface area contributed by atoms with E-state index >= 15 is 0 Å². The van der Waals surface area contributed by atoms with E-state index < -0.39 is 9.84 Å². The van der Waals surface area contributed by atoms with Crippen LogP contribution in [0, 0.1) is 17.7 Å². The van der Waals surface area contributed by atoms with Crippen molar-refractivity contribution in [2.45, 2.75) is 18.9 Å². The van der Waals surface area contributed by atoms with Crippen molar-refractivity contribution < 1.29 is 12.8 Å². The second-order valence-electron chi connectivity index (χ2n) is 7.17. The van der Waals surface area contributed by atoms with E-state index in [1.54, 1.807) is 0 Å². The molecular formula is C17H26FN3O2S. The van der Waals surface area contributed by atoms with Gasteiger partial charge in [-0.15, -0.1) is 0 Å². The minimum absolute atomic E-state index is 0.154. The van der Waals surface area contributed by atoms with Gasteiger partial charge in [0.15, 0.2) is 0 Å². The lowest BCUT2D eigenvalue weighted by Gasteiger charge is -2.35. The van der Waals surface area contributed by atoms with Crippen LogP contribution in [-0.4, -0.2) is 51.5 Å². The Labute approximate surface area is 143 Å². The van der Waals surface area contributed by atoms with Crippen LogP contribution in [0.4, 0.5) is 4.39 Å². The standard InChI is InChI=1S/C17H26FN3O2S/c1-24(22,23)12-13-3-2-8-21(10-13)11-15-9-19-20-17(15)14-4-6-16(18)7-5-14/h4-7,13,15,17,19-20H,2-3,8-12H2,1H3. The molecule has 0 bridgehead atoms. The molecule has 2 N–H and O–H groups in total. The number of nitrogens with zero attached hydrogens (tertiary/aromatic N) is 1. The Morgan fingerprint density at radius 2 is 2.04 bits per heavy atom. The average molecular weight is 355 g/mol. The van der Waals surface area contributed by atoms with Crippen LogP contribution >= 0.6 is 0 Å². The van der Waals surface area contributed by atoms with E-state index in [2.05, 4.69) is 15.8 Å². The van der Waals surface area contributed by atoms with Gasteiger partial charge in [0.05, 0.1) is 11.8 Å². The molecule has 2 fully saturated rings. The molecule has 24 heavy (non-hydrogen) atoms. The maximum atomic E-state index is 13.1. The van der Waals surface area contributed by atoms with Gasteiger partial charge in [0.25, 0.3) is 0 Å². The molecule has 1 aromatic rings. The van der Waals surface area contributed by atoms with Gasteiger partial charge in [0.1, 0.15) is 15.7 Å². The van der Waals surface area contributed by atoms with Crippen LogP contribution in [0.25, 0.3) is 0 Å². The molecule has 134 valence electrons. The molecule has 0 aliphatic carbocycles. The van der Waals surface area contributed by atoms with Crippen LogP contribution in [-0.2, 0) is 9.84 Å². The highest BCUT2D eigenvalue weighted by molar-refractivity contribution is 7.90. The van der Waals surface area contributed by atoms with E-state index in [0.717, 1.165) is 44.6 Å². The molecule has 0 amide bonds. The van der Waals surface area contributed by atoms with Gasteiger partial charge in [-0.2, -0.15) is 0 Å². The molecule has 7 heteroatoms. The number of rotatable bonds is 5. The highest BCUT2D eigenvalue weighted by Gasteiger charge is 2.32. The molecule has 3 atom stereocenters. The van der Waals surface area contributed by atoms with Gasteiger partial charge < -0.3 is 4.90 Å². The Morgan fingerprint density at radius 1 is 1.29 bits per heavy atom.